The molecule has 0 saturated heterocycles. The number of benzene rings is 1. The van der Waals surface area contributed by atoms with Gasteiger partial charge in [0.15, 0.2) is 0 Å². The maximum atomic E-state index is 11.3. The van der Waals surface area contributed by atoms with Crippen LogP contribution in [0.1, 0.15) is 10.4 Å². The number of primary amides is 1. The highest BCUT2D eigenvalue weighted by atomic mass is 79.9. The summed E-state index contributed by atoms with van der Waals surface area (Å²) in [6.45, 7) is -0.0277. The summed E-state index contributed by atoms with van der Waals surface area (Å²) in [5.74, 6) is -1.72. The van der Waals surface area contributed by atoms with E-state index in [1.54, 1.807) is 18.2 Å². The molecule has 0 spiro atoms. The number of amides is 1. The normalized spacial score (nSPS) is 11.9. The van der Waals surface area contributed by atoms with Gasteiger partial charge in [-0.05, 0) is 28.1 Å². The zero-order chi connectivity index (χ0) is 13.7. The van der Waals surface area contributed by atoms with Crippen molar-refractivity contribution in [2.75, 3.05) is 19.0 Å². The maximum absolute atomic E-state index is 11.3. The number of rotatable bonds is 6. The molecule has 1 unspecified atom stereocenters. The fraction of sp³-hybridized carbons (Fsp3) is 0.273. The summed E-state index contributed by atoms with van der Waals surface area (Å²) in [6, 6.07) is 3.95. The molecule has 1 amide bonds. The molecule has 0 saturated carbocycles. The molecule has 4 N–H and O–H groups in total. The molecule has 18 heavy (non-hydrogen) atoms. The van der Waals surface area contributed by atoms with Crippen molar-refractivity contribution >= 4 is 33.5 Å². The third-order valence-corrected chi connectivity index (χ3v) is 2.88. The Bertz CT molecular complexity index is 464. The van der Waals surface area contributed by atoms with E-state index in [-0.39, 0.29) is 12.2 Å². The molecule has 0 aliphatic rings. The van der Waals surface area contributed by atoms with Crippen LogP contribution in [0.3, 0.4) is 0 Å². The van der Waals surface area contributed by atoms with Gasteiger partial charge in [0.2, 0.25) is 0 Å². The Balaban J connectivity index is 3.06. The number of nitrogens with two attached hydrogens (primary N) is 1. The predicted molar refractivity (Wildman–Crippen MR) is 69.6 cm³/mol. The highest BCUT2D eigenvalue weighted by molar-refractivity contribution is 9.10. The molecule has 1 aromatic rings. The summed E-state index contributed by atoms with van der Waals surface area (Å²) in [7, 11) is 1.40. The molecule has 6 nitrogen and oxygen atoms in total. The SMILES string of the molecule is COCC(Nc1cccc(Br)c1C(N)=O)C(=O)O. The van der Waals surface area contributed by atoms with Crippen LogP contribution in [0, 0.1) is 0 Å². The van der Waals surface area contributed by atoms with Gasteiger partial charge in [-0.25, -0.2) is 4.79 Å². The third kappa shape index (κ3) is 3.44. The van der Waals surface area contributed by atoms with Crippen molar-refractivity contribution < 1.29 is 19.4 Å². The minimum absolute atomic E-state index is 0.0277. The van der Waals surface area contributed by atoms with Gasteiger partial charge < -0.3 is 20.9 Å². The number of carboxylic acid groups (broad SMARTS) is 1. The van der Waals surface area contributed by atoms with Gasteiger partial charge in [-0.1, -0.05) is 6.07 Å². The van der Waals surface area contributed by atoms with Gasteiger partial charge in [0, 0.05) is 17.3 Å². The van der Waals surface area contributed by atoms with Gasteiger partial charge in [0.1, 0.15) is 6.04 Å². The Morgan fingerprint density at radius 1 is 1.56 bits per heavy atom. The van der Waals surface area contributed by atoms with Crippen molar-refractivity contribution in [3.63, 3.8) is 0 Å². The van der Waals surface area contributed by atoms with E-state index in [0.717, 1.165) is 0 Å². The van der Waals surface area contributed by atoms with Crippen molar-refractivity contribution in [2.45, 2.75) is 6.04 Å². The molecule has 0 fully saturated rings. The Morgan fingerprint density at radius 3 is 2.72 bits per heavy atom. The summed E-state index contributed by atoms with van der Waals surface area (Å²) in [6.07, 6.45) is 0. The van der Waals surface area contributed by atoms with E-state index < -0.39 is 17.9 Å². The van der Waals surface area contributed by atoms with Gasteiger partial charge in [0.05, 0.1) is 12.2 Å². The molecule has 0 radical (unpaired) electrons. The van der Waals surface area contributed by atoms with Gasteiger partial charge in [-0.3, -0.25) is 4.79 Å². The number of ether oxygens (including phenoxy) is 1. The zero-order valence-corrected chi connectivity index (χ0v) is 11.2. The molecule has 0 heterocycles. The van der Waals surface area contributed by atoms with Crippen LogP contribution in [-0.4, -0.2) is 36.7 Å². The minimum atomic E-state index is -1.08. The fourth-order valence-corrected chi connectivity index (χ4v) is 1.99. The lowest BCUT2D eigenvalue weighted by atomic mass is 10.1. The smallest absolute Gasteiger partial charge is 0.328 e. The summed E-state index contributed by atoms with van der Waals surface area (Å²) in [5, 5.41) is 11.7. The van der Waals surface area contributed by atoms with E-state index in [4.69, 9.17) is 15.6 Å². The van der Waals surface area contributed by atoms with Crippen molar-refractivity contribution in [1.29, 1.82) is 0 Å². The lowest BCUT2D eigenvalue weighted by Crippen LogP contribution is -2.34. The number of nitrogens with one attached hydrogen (secondary N) is 1. The Morgan fingerprint density at radius 2 is 2.22 bits per heavy atom. The Hall–Kier alpha value is -1.60. The second-order valence-corrected chi connectivity index (χ2v) is 4.37. The van der Waals surface area contributed by atoms with Crippen LogP contribution in [0.15, 0.2) is 22.7 Å². The quantitative estimate of drug-likeness (QED) is 0.728. The van der Waals surface area contributed by atoms with E-state index in [2.05, 4.69) is 21.2 Å². The third-order valence-electron chi connectivity index (χ3n) is 2.22. The number of carbonyl (C=O) groups excluding carboxylic acids is 1. The molecule has 7 heteroatoms. The second kappa shape index (κ2) is 6.36. The molecule has 0 bridgehead atoms. The van der Waals surface area contributed by atoms with Crippen LogP contribution >= 0.6 is 15.9 Å². The summed E-state index contributed by atoms with van der Waals surface area (Å²) in [4.78, 5) is 22.3. The lowest BCUT2D eigenvalue weighted by Gasteiger charge is -2.17. The van der Waals surface area contributed by atoms with Gasteiger partial charge >= 0.3 is 5.97 Å². The molecule has 0 aromatic heterocycles. The number of methoxy groups -OCH3 is 1. The van der Waals surface area contributed by atoms with E-state index >= 15 is 0 Å². The van der Waals surface area contributed by atoms with Crippen LogP contribution in [0.2, 0.25) is 0 Å². The van der Waals surface area contributed by atoms with E-state index in [0.29, 0.717) is 10.2 Å². The van der Waals surface area contributed by atoms with Crippen LogP contribution in [0.5, 0.6) is 0 Å². The number of hydrogen-bond donors (Lipinski definition) is 3. The monoisotopic (exact) mass is 316 g/mol. The number of carbonyl (C=O) groups is 2. The highest BCUT2D eigenvalue weighted by Gasteiger charge is 2.20. The first-order valence-corrected chi connectivity index (χ1v) is 5.83. The Labute approximate surface area is 112 Å². The number of anilines is 1. The molecular formula is C11H13BrN2O4. The largest absolute Gasteiger partial charge is 0.480 e. The van der Waals surface area contributed by atoms with E-state index in [1.165, 1.54) is 7.11 Å². The minimum Gasteiger partial charge on any atom is -0.480 e. The van der Waals surface area contributed by atoms with Crippen LogP contribution in [-0.2, 0) is 9.53 Å². The van der Waals surface area contributed by atoms with Gasteiger partial charge in [-0.2, -0.15) is 0 Å². The van der Waals surface area contributed by atoms with Crippen molar-refractivity contribution in [2.24, 2.45) is 5.73 Å². The zero-order valence-electron chi connectivity index (χ0n) is 9.64. The standard InChI is InChI=1S/C11H13BrN2O4/c1-18-5-8(11(16)17)14-7-4-2-3-6(12)9(7)10(13)15/h2-4,8,14H,5H2,1H3,(H2,13,15)(H,16,17). The topological polar surface area (TPSA) is 102 Å². The lowest BCUT2D eigenvalue weighted by molar-refractivity contribution is -0.139. The molecule has 1 aromatic carbocycles. The molecule has 0 aliphatic heterocycles. The van der Waals surface area contributed by atoms with Crippen LogP contribution in [0.4, 0.5) is 5.69 Å². The summed E-state index contributed by atoms with van der Waals surface area (Å²) in [5.41, 5.74) is 5.81. The van der Waals surface area contributed by atoms with Crippen LogP contribution in [0.25, 0.3) is 0 Å². The maximum Gasteiger partial charge on any atom is 0.328 e. The predicted octanol–water partition coefficient (Wildman–Crippen LogP) is 1.06. The first kappa shape index (κ1) is 14.5. The molecule has 1 rings (SSSR count). The molecular weight excluding hydrogens is 304 g/mol. The highest BCUT2D eigenvalue weighted by Crippen LogP contribution is 2.24. The van der Waals surface area contributed by atoms with Crippen molar-refractivity contribution in [3.8, 4) is 0 Å². The van der Waals surface area contributed by atoms with Gasteiger partial charge in [0.25, 0.3) is 5.91 Å². The summed E-state index contributed by atoms with van der Waals surface area (Å²) >= 11 is 3.19. The van der Waals surface area contributed by atoms with Gasteiger partial charge in [-0.15, -0.1) is 0 Å². The van der Waals surface area contributed by atoms with Crippen LogP contribution < -0.4 is 11.1 Å². The second-order valence-electron chi connectivity index (χ2n) is 3.52. The molecule has 98 valence electrons. The number of halogens is 1. The average Bonchev–Trinajstić information content (AvgIpc) is 2.27. The number of carboxylic acids is 1. The summed E-state index contributed by atoms with van der Waals surface area (Å²) < 4.78 is 5.30. The van der Waals surface area contributed by atoms with E-state index in [1.807, 2.05) is 0 Å². The Kier molecular flexibility index (Phi) is 5.11. The first-order valence-electron chi connectivity index (χ1n) is 5.04. The fourth-order valence-electron chi connectivity index (χ4n) is 1.42. The number of aliphatic carboxylic acids is 1. The number of hydrogen-bond acceptors (Lipinski definition) is 4. The average molecular weight is 317 g/mol. The molecule has 1 atom stereocenters. The van der Waals surface area contributed by atoms with Crippen molar-refractivity contribution in [3.05, 3.63) is 28.2 Å². The molecule has 0 aliphatic carbocycles. The van der Waals surface area contributed by atoms with E-state index in [9.17, 15) is 9.59 Å². The first-order chi connectivity index (χ1) is 8.47. The van der Waals surface area contributed by atoms with Crippen molar-refractivity contribution in [1.82, 2.24) is 0 Å².